The van der Waals surface area contributed by atoms with Crippen LogP contribution >= 0.6 is 0 Å². The van der Waals surface area contributed by atoms with E-state index in [4.69, 9.17) is 4.74 Å². The third-order valence-corrected chi connectivity index (χ3v) is 6.47. The Hall–Kier alpha value is -2.40. The summed E-state index contributed by atoms with van der Waals surface area (Å²) in [4.78, 5) is 0. The lowest BCUT2D eigenvalue weighted by Crippen LogP contribution is -2.24. The van der Waals surface area contributed by atoms with Gasteiger partial charge >= 0.3 is 6.11 Å². The van der Waals surface area contributed by atoms with Crippen LogP contribution in [0.4, 0.5) is 17.6 Å². The molecule has 0 radical (unpaired) electrons. The lowest BCUT2D eigenvalue weighted by atomic mass is 9.78. The Morgan fingerprint density at radius 1 is 1.06 bits per heavy atom. The molecule has 0 N–H and O–H groups in total. The first kappa shape index (κ1) is 25.2. The van der Waals surface area contributed by atoms with E-state index in [1.54, 1.807) is 12.1 Å². The van der Waals surface area contributed by atoms with Crippen molar-refractivity contribution in [3.8, 4) is 0 Å². The Morgan fingerprint density at radius 2 is 1.67 bits per heavy atom. The summed E-state index contributed by atoms with van der Waals surface area (Å²) in [6.07, 6.45) is 5.83. The molecule has 1 fully saturated rings. The fourth-order valence-corrected chi connectivity index (χ4v) is 4.60. The molecule has 1 unspecified atom stereocenters. The van der Waals surface area contributed by atoms with Gasteiger partial charge in [0.2, 0.25) is 0 Å². The lowest BCUT2D eigenvalue weighted by molar-refractivity contribution is -0.275. The Balaban J connectivity index is 1.72. The van der Waals surface area contributed by atoms with E-state index < -0.39 is 29.4 Å². The second-order valence-corrected chi connectivity index (χ2v) is 8.84. The number of hydrogen-bond acceptors (Lipinski definition) is 1. The lowest BCUT2D eigenvalue weighted by Gasteiger charge is -2.28. The molecule has 0 amide bonds. The molecule has 5 heteroatoms. The Labute approximate surface area is 194 Å². The first-order valence-corrected chi connectivity index (χ1v) is 11.6. The quantitative estimate of drug-likeness (QED) is 0.268. The molecular weight excluding hydrogens is 428 g/mol. The van der Waals surface area contributed by atoms with E-state index in [1.807, 2.05) is 31.2 Å². The fourth-order valence-electron chi connectivity index (χ4n) is 4.60. The molecule has 0 aromatic heterocycles. The van der Waals surface area contributed by atoms with Gasteiger partial charge < -0.3 is 4.74 Å². The SMILES string of the molecule is C=CCCc1ccc(C(C)OC(F)(F)c2c(F)cc(C3CCC(/C=C/C)CC3)cc2F)cc1. The van der Waals surface area contributed by atoms with Crippen LogP contribution in [-0.4, -0.2) is 0 Å². The Kier molecular flexibility index (Phi) is 8.52. The second-order valence-electron chi connectivity index (χ2n) is 8.84. The van der Waals surface area contributed by atoms with E-state index in [9.17, 15) is 17.6 Å². The van der Waals surface area contributed by atoms with Gasteiger partial charge in [0.25, 0.3) is 0 Å². The molecule has 1 nitrogen and oxygen atoms in total. The van der Waals surface area contributed by atoms with Crippen molar-refractivity contribution in [3.63, 3.8) is 0 Å². The summed E-state index contributed by atoms with van der Waals surface area (Å²) < 4.78 is 64.1. The van der Waals surface area contributed by atoms with Crippen LogP contribution in [0.2, 0.25) is 0 Å². The summed E-state index contributed by atoms with van der Waals surface area (Å²) in [5.74, 6) is -2.09. The van der Waals surface area contributed by atoms with Gasteiger partial charge in [0.15, 0.2) is 0 Å². The molecule has 1 atom stereocenters. The highest BCUT2D eigenvalue weighted by Gasteiger charge is 2.41. The van der Waals surface area contributed by atoms with Gasteiger partial charge in [-0.15, -0.1) is 6.58 Å². The largest absolute Gasteiger partial charge is 0.389 e. The third kappa shape index (κ3) is 6.35. The zero-order valence-electron chi connectivity index (χ0n) is 19.3. The smallest absolute Gasteiger partial charge is 0.309 e. The maximum Gasteiger partial charge on any atom is 0.389 e. The zero-order chi connectivity index (χ0) is 24.0. The number of halogens is 4. The molecule has 1 saturated carbocycles. The van der Waals surface area contributed by atoms with E-state index >= 15 is 0 Å². The zero-order valence-corrected chi connectivity index (χ0v) is 19.3. The first-order valence-electron chi connectivity index (χ1n) is 11.6. The second kappa shape index (κ2) is 11.1. The van der Waals surface area contributed by atoms with Gasteiger partial charge in [-0.1, -0.05) is 42.5 Å². The molecular formula is C28H32F4O. The molecule has 1 aliphatic carbocycles. The molecule has 1 aliphatic rings. The standard InChI is InChI=1S/C28H32F4O/c1-4-6-8-21-9-13-22(14-10-21)19(3)33-28(31,32)27-25(29)17-24(18-26(27)30)23-15-11-20(7-5-2)12-16-23/h4-5,7,9-10,13-14,17-20,23H,1,6,8,11-12,15-16H2,2-3H3/b7-5+. The van der Waals surface area contributed by atoms with E-state index in [2.05, 4.69) is 12.7 Å². The van der Waals surface area contributed by atoms with Crippen LogP contribution in [0.3, 0.4) is 0 Å². The highest BCUT2D eigenvalue weighted by molar-refractivity contribution is 5.31. The highest BCUT2D eigenvalue weighted by Crippen LogP contribution is 2.41. The van der Waals surface area contributed by atoms with Gasteiger partial charge in [-0.05, 0) is 93.0 Å². The Bertz CT molecular complexity index is 933. The van der Waals surface area contributed by atoms with Crippen molar-refractivity contribution >= 4 is 0 Å². The van der Waals surface area contributed by atoms with E-state index in [0.29, 0.717) is 17.0 Å². The van der Waals surface area contributed by atoms with Gasteiger partial charge in [-0.2, -0.15) is 8.78 Å². The summed E-state index contributed by atoms with van der Waals surface area (Å²) in [5.41, 5.74) is 0.660. The van der Waals surface area contributed by atoms with E-state index in [1.165, 1.54) is 6.92 Å². The van der Waals surface area contributed by atoms with Gasteiger partial charge in [0.05, 0.1) is 6.10 Å². The molecule has 3 rings (SSSR count). The molecule has 0 heterocycles. The summed E-state index contributed by atoms with van der Waals surface area (Å²) in [6, 6.07) is 9.15. The number of rotatable bonds is 9. The molecule has 2 aromatic rings. The molecule has 2 aromatic carbocycles. The maximum absolute atomic E-state index is 14.8. The summed E-state index contributed by atoms with van der Waals surface area (Å²) >= 11 is 0. The van der Waals surface area contributed by atoms with Gasteiger partial charge in [0.1, 0.15) is 17.2 Å². The number of alkyl halides is 2. The molecule has 178 valence electrons. The minimum absolute atomic E-state index is 0.0300. The van der Waals surface area contributed by atoms with Crippen molar-refractivity contribution in [1.82, 2.24) is 0 Å². The molecule has 0 aliphatic heterocycles. The first-order chi connectivity index (χ1) is 15.7. The van der Waals surface area contributed by atoms with Crippen molar-refractivity contribution in [1.29, 1.82) is 0 Å². The summed E-state index contributed by atoms with van der Waals surface area (Å²) in [7, 11) is 0. The monoisotopic (exact) mass is 460 g/mol. The van der Waals surface area contributed by atoms with Crippen molar-refractivity contribution in [2.24, 2.45) is 5.92 Å². The van der Waals surface area contributed by atoms with Crippen LogP contribution in [0, 0.1) is 17.6 Å². The fraction of sp³-hybridized carbons (Fsp3) is 0.429. The van der Waals surface area contributed by atoms with Crippen LogP contribution in [-0.2, 0) is 17.3 Å². The predicted octanol–water partition coefficient (Wildman–Crippen LogP) is 8.76. The van der Waals surface area contributed by atoms with Gasteiger partial charge in [-0.3, -0.25) is 0 Å². The van der Waals surface area contributed by atoms with Gasteiger partial charge in [0, 0.05) is 0 Å². The van der Waals surface area contributed by atoms with Crippen LogP contribution in [0.5, 0.6) is 0 Å². The van der Waals surface area contributed by atoms with Crippen LogP contribution in [0.15, 0.2) is 61.2 Å². The Morgan fingerprint density at radius 3 is 2.21 bits per heavy atom. The minimum Gasteiger partial charge on any atom is -0.309 e. The van der Waals surface area contributed by atoms with Crippen molar-refractivity contribution in [2.45, 2.75) is 70.5 Å². The van der Waals surface area contributed by atoms with Crippen molar-refractivity contribution in [2.75, 3.05) is 0 Å². The number of benzene rings is 2. The number of ether oxygens (including phenoxy) is 1. The van der Waals surface area contributed by atoms with Gasteiger partial charge in [-0.25, -0.2) is 8.78 Å². The number of aryl methyl sites for hydroxylation is 1. The van der Waals surface area contributed by atoms with Crippen LogP contribution in [0.25, 0.3) is 0 Å². The average Bonchev–Trinajstić information content (AvgIpc) is 2.77. The number of hydrogen-bond donors (Lipinski definition) is 0. The van der Waals surface area contributed by atoms with E-state index in [-0.39, 0.29) is 5.92 Å². The van der Waals surface area contributed by atoms with Crippen molar-refractivity contribution < 1.29 is 22.3 Å². The normalized spacial score (nSPS) is 20.2. The summed E-state index contributed by atoms with van der Waals surface area (Å²) in [5, 5.41) is 0. The number of allylic oxidation sites excluding steroid dienone is 3. The molecule has 0 bridgehead atoms. The molecule has 33 heavy (non-hydrogen) atoms. The van der Waals surface area contributed by atoms with Crippen LogP contribution < -0.4 is 0 Å². The van der Waals surface area contributed by atoms with E-state index in [0.717, 1.165) is 56.2 Å². The summed E-state index contributed by atoms with van der Waals surface area (Å²) in [6.45, 7) is 7.09. The topological polar surface area (TPSA) is 9.23 Å². The average molecular weight is 461 g/mol. The minimum atomic E-state index is -4.10. The van der Waals surface area contributed by atoms with Crippen LogP contribution in [0.1, 0.15) is 80.2 Å². The molecule has 0 saturated heterocycles. The predicted molar refractivity (Wildman–Crippen MR) is 124 cm³/mol. The molecule has 0 spiro atoms. The highest BCUT2D eigenvalue weighted by atomic mass is 19.3. The third-order valence-electron chi connectivity index (χ3n) is 6.47. The van der Waals surface area contributed by atoms with Crippen molar-refractivity contribution in [3.05, 3.63) is 95.1 Å². The maximum atomic E-state index is 14.8.